The molecule has 4 aromatic rings. The van der Waals surface area contributed by atoms with Crippen molar-refractivity contribution in [3.63, 3.8) is 0 Å². The Balaban J connectivity index is 1.57. The van der Waals surface area contributed by atoms with Gasteiger partial charge >= 0.3 is 0 Å². The van der Waals surface area contributed by atoms with Crippen molar-refractivity contribution in [1.82, 2.24) is 20.0 Å². The standard InChI is InChI=1S/C20H15N5O/c21-13-17-20(23-24-22-17)16-7-5-6-15(12-16)14-26-19-9-2-1-8-18(19)25-10-3-4-11-25/h1-12H,14H2,(H,22,23,24). The second kappa shape index (κ2) is 6.95. The van der Waals surface area contributed by atoms with E-state index in [0.717, 1.165) is 22.6 Å². The van der Waals surface area contributed by atoms with Gasteiger partial charge in [0.2, 0.25) is 0 Å². The molecule has 26 heavy (non-hydrogen) atoms. The van der Waals surface area contributed by atoms with Crippen LogP contribution in [0.15, 0.2) is 73.1 Å². The summed E-state index contributed by atoms with van der Waals surface area (Å²) in [5, 5.41) is 19.4. The van der Waals surface area contributed by atoms with Gasteiger partial charge in [0.05, 0.1) is 5.69 Å². The van der Waals surface area contributed by atoms with Gasteiger partial charge in [-0.1, -0.05) is 35.5 Å². The minimum atomic E-state index is 0.348. The Morgan fingerprint density at radius 3 is 2.73 bits per heavy atom. The van der Waals surface area contributed by atoms with Crippen LogP contribution >= 0.6 is 0 Å². The second-order valence-corrected chi connectivity index (χ2v) is 5.69. The molecule has 0 saturated heterocycles. The van der Waals surface area contributed by atoms with E-state index in [-0.39, 0.29) is 0 Å². The fraction of sp³-hybridized carbons (Fsp3) is 0.0500. The first kappa shape index (κ1) is 15.7. The van der Waals surface area contributed by atoms with Crippen LogP contribution in [0.2, 0.25) is 0 Å². The number of benzene rings is 2. The summed E-state index contributed by atoms with van der Waals surface area (Å²) in [4.78, 5) is 0. The largest absolute Gasteiger partial charge is 0.487 e. The van der Waals surface area contributed by atoms with E-state index in [1.165, 1.54) is 0 Å². The lowest BCUT2D eigenvalue weighted by Gasteiger charge is -2.12. The maximum Gasteiger partial charge on any atom is 0.163 e. The number of nitriles is 1. The van der Waals surface area contributed by atoms with Crippen LogP contribution in [-0.2, 0) is 6.61 Å². The van der Waals surface area contributed by atoms with E-state index >= 15 is 0 Å². The summed E-state index contributed by atoms with van der Waals surface area (Å²) in [5.41, 5.74) is 3.69. The number of hydrogen-bond acceptors (Lipinski definition) is 4. The van der Waals surface area contributed by atoms with Crippen molar-refractivity contribution in [2.75, 3.05) is 0 Å². The van der Waals surface area contributed by atoms with E-state index in [2.05, 4.69) is 21.5 Å². The molecule has 0 aliphatic heterocycles. The van der Waals surface area contributed by atoms with Crippen molar-refractivity contribution in [3.8, 4) is 28.8 Å². The first-order valence-corrected chi connectivity index (χ1v) is 8.11. The van der Waals surface area contributed by atoms with Crippen molar-refractivity contribution < 1.29 is 4.74 Å². The van der Waals surface area contributed by atoms with Crippen molar-refractivity contribution in [3.05, 3.63) is 84.3 Å². The first-order chi connectivity index (χ1) is 12.8. The molecule has 0 bridgehead atoms. The van der Waals surface area contributed by atoms with Gasteiger partial charge in [0.25, 0.3) is 0 Å². The molecule has 0 unspecified atom stereocenters. The van der Waals surface area contributed by atoms with Crippen LogP contribution in [0.3, 0.4) is 0 Å². The number of nitrogens with one attached hydrogen (secondary N) is 1. The Hall–Kier alpha value is -3.85. The lowest BCUT2D eigenvalue weighted by Crippen LogP contribution is -2.00. The van der Waals surface area contributed by atoms with Crippen LogP contribution < -0.4 is 4.74 Å². The van der Waals surface area contributed by atoms with Gasteiger partial charge in [-0.25, -0.2) is 5.10 Å². The lowest BCUT2D eigenvalue weighted by atomic mass is 10.1. The minimum absolute atomic E-state index is 0.348. The molecule has 0 atom stereocenters. The predicted octanol–water partition coefficient (Wildman–Crippen LogP) is 3.71. The number of aromatic nitrogens is 4. The monoisotopic (exact) mass is 341 g/mol. The summed E-state index contributed by atoms with van der Waals surface area (Å²) in [6.45, 7) is 0.409. The molecule has 6 nitrogen and oxygen atoms in total. The number of ether oxygens (including phenoxy) is 1. The molecule has 0 saturated carbocycles. The highest BCUT2D eigenvalue weighted by Crippen LogP contribution is 2.25. The highest BCUT2D eigenvalue weighted by molar-refractivity contribution is 5.64. The van der Waals surface area contributed by atoms with Crippen molar-refractivity contribution in [2.24, 2.45) is 0 Å². The third-order valence-electron chi connectivity index (χ3n) is 4.00. The third-order valence-corrected chi connectivity index (χ3v) is 4.00. The number of aromatic amines is 1. The zero-order valence-corrected chi connectivity index (χ0v) is 13.8. The van der Waals surface area contributed by atoms with Gasteiger partial charge in [0.15, 0.2) is 5.69 Å². The minimum Gasteiger partial charge on any atom is -0.487 e. The SMILES string of the molecule is N#Cc1[nH]nnc1-c1cccc(COc2ccccc2-n2cccc2)c1. The summed E-state index contributed by atoms with van der Waals surface area (Å²) >= 11 is 0. The van der Waals surface area contributed by atoms with Gasteiger partial charge in [-0.15, -0.1) is 5.10 Å². The fourth-order valence-corrected chi connectivity index (χ4v) is 2.77. The molecule has 126 valence electrons. The van der Waals surface area contributed by atoms with E-state index in [9.17, 15) is 0 Å². The maximum absolute atomic E-state index is 9.12. The van der Waals surface area contributed by atoms with Gasteiger partial charge in [0.1, 0.15) is 24.1 Å². The average molecular weight is 341 g/mol. The predicted molar refractivity (Wildman–Crippen MR) is 96.6 cm³/mol. The van der Waals surface area contributed by atoms with Crippen LogP contribution in [-0.4, -0.2) is 20.0 Å². The zero-order chi connectivity index (χ0) is 17.8. The Bertz CT molecular complexity index is 1060. The summed E-state index contributed by atoms with van der Waals surface area (Å²) in [6.07, 6.45) is 3.97. The summed E-state index contributed by atoms with van der Waals surface area (Å²) in [7, 11) is 0. The molecule has 0 amide bonds. The van der Waals surface area contributed by atoms with E-state index in [1.807, 2.05) is 77.6 Å². The highest BCUT2D eigenvalue weighted by Gasteiger charge is 2.10. The zero-order valence-electron chi connectivity index (χ0n) is 13.8. The maximum atomic E-state index is 9.12. The van der Waals surface area contributed by atoms with Crippen LogP contribution in [0, 0.1) is 11.3 Å². The second-order valence-electron chi connectivity index (χ2n) is 5.69. The van der Waals surface area contributed by atoms with Gasteiger partial charge in [-0.3, -0.25) is 0 Å². The van der Waals surface area contributed by atoms with E-state index in [0.29, 0.717) is 18.0 Å². The van der Waals surface area contributed by atoms with E-state index in [4.69, 9.17) is 10.00 Å². The molecule has 4 rings (SSSR count). The van der Waals surface area contributed by atoms with Crippen molar-refractivity contribution in [2.45, 2.75) is 6.61 Å². The van der Waals surface area contributed by atoms with Gasteiger partial charge in [-0.2, -0.15) is 5.26 Å². The number of para-hydroxylation sites is 2. The lowest BCUT2D eigenvalue weighted by molar-refractivity contribution is 0.305. The van der Waals surface area contributed by atoms with Gasteiger partial charge in [0, 0.05) is 18.0 Å². The van der Waals surface area contributed by atoms with E-state index < -0.39 is 0 Å². The molecule has 2 heterocycles. The van der Waals surface area contributed by atoms with Crippen LogP contribution in [0.1, 0.15) is 11.3 Å². The summed E-state index contributed by atoms with van der Waals surface area (Å²) < 4.78 is 8.06. The Morgan fingerprint density at radius 2 is 1.88 bits per heavy atom. The summed E-state index contributed by atoms with van der Waals surface area (Å²) in [6, 6.07) is 21.7. The Labute approximate surface area is 150 Å². The molecule has 2 aromatic heterocycles. The Morgan fingerprint density at radius 1 is 1.04 bits per heavy atom. The first-order valence-electron chi connectivity index (χ1n) is 8.11. The molecule has 0 spiro atoms. The van der Waals surface area contributed by atoms with Crippen molar-refractivity contribution >= 4 is 0 Å². The number of H-pyrrole nitrogens is 1. The molecule has 0 fully saturated rings. The van der Waals surface area contributed by atoms with Crippen LogP contribution in [0.4, 0.5) is 0 Å². The molecular weight excluding hydrogens is 326 g/mol. The summed E-state index contributed by atoms with van der Waals surface area (Å²) in [5.74, 6) is 0.799. The van der Waals surface area contributed by atoms with Crippen molar-refractivity contribution in [1.29, 1.82) is 5.26 Å². The number of hydrogen-bond donors (Lipinski definition) is 1. The molecule has 0 aliphatic carbocycles. The number of rotatable bonds is 5. The van der Waals surface area contributed by atoms with Crippen LogP contribution in [0.5, 0.6) is 5.75 Å². The third kappa shape index (κ3) is 3.06. The Kier molecular flexibility index (Phi) is 4.19. The molecule has 6 heteroatoms. The quantitative estimate of drug-likeness (QED) is 0.600. The van der Waals surface area contributed by atoms with Crippen LogP contribution in [0.25, 0.3) is 16.9 Å². The molecule has 0 aliphatic rings. The normalized spacial score (nSPS) is 10.4. The fourth-order valence-electron chi connectivity index (χ4n) is 2.77. The average Bonchev–Trinajstić information content (AvgIpc) is 3.38. The molecular formula is C20H15N5O. The van der Waals surface area contributed by atoms with Gasteiger partial charge < -0.3 is 9.30 Å². The van der Waals surface area contributed by atoms with E-state index in [1.54, 1.807) is 0 Å². The molecule has 0 radical (unpaired) electrons. The number of nitrogens with zero attached hydrogens (tertiary/aromatic N) is 4. The molecule has 1 N–H and O–H groups in total. The van der Waals surface area contributed by atoms with Gasteiger partial charge in [-0.05, 0) is 35.9 Å². The topological polar surface area (TPSA) is 79.5 Å². The smallest absolute Gasteiger partial charge is 0.163 e. The highest BCUT2D eigenvalue weighted by atomic mass is 16.5. The molecule has 2 aromatic carbocycles.